The lowest BCUT2D eigenvalue weighted by Gasteiger charge is -2.19. The molecular formula is C10H18N4O. The average molecular weight is 210 g/mol. The number of rotatable bonds is 5. The van der Waals surface area contributed by atoms with Crippen molar-refractivity contribution in [1.82, 2.24) is 15.2 Å². The van der Waals surface area contributed by atoms with Crippen molar-refractivity contribution < 1.29 is 5.11 Å². The van der Waals surface area contributed by atoms with E-state index in [1.165, 1.54) is 0 Å². The molecule has 0 saturated heterocycles. The molecular weight excluding hydrogens is 192 g/mol. The van der Waals surface area contributed by atoms with Crippen LogP contribution in [0.2, 0.25) is 0 Å². The summed E-state index contributed by atoms with van der Waals surface area (Å²) in [6.45, 7) is 7.63. The number of aliphatic hydroxyl groups excluding tert-OH is 1. The molecule has 1 rings (SSSR count). The van der Waals surface area contributed by atoms with Crippen molar-refractivity contribution >= 4 is 5.95 Å². The van der Waals surface area contributed by atoms with Crippen LogP contribution >= 0.6 is 0 Å². The largest absolute Gasteiger partial charge is 0.396 e. The lowest BCUT2D eigenvalue weighted by atomic mass is 10.3. The summed E-state index contributed by atoms with van der Waals surface area (Å²) in [6, 6.07) is 0. The molecule has 0 bridgehead atoms. The number of hydrogen-bond donors (Lipinski definition) is 1. The van der Waals surface area contributed by atoms with E-state index in [0.29, 0.717) is 5.95 Å². The monoisotopic (exact) mass is 210 g/mol. The highest BCUT2D eigenvalue weighted by atomic mass is 16.3. The van der Waals surface area contributed by atoms with Gasteiger partial charge in [-0.15, -0.1) is 5.10 Å². The van der Waals surface area contributed by atoms with Gasteiger partial charge in [-0.05, 0) is 27.2 Å². The molecule has 1 N–H and O–H groups in total. The van der Waals surface area contributed by atoms with Crippen LogP contribution in [0.25, 0.3) is 0 Å². The van der Waals surface area contributed by atoms with E-state index in [4.69, 9.17) is 5.11 Å². The Morgan fingerprint density at radius 3 is 2.47 bits per heavy atom. The predicted molar refractivity (Wildman–Crippen MR) is 58.9 cm³/mol. The van der Waals surface area contributed by atoms with Gasteiger partial charge in [0.05, 0.1) is 11.4 Å². The number of anilines is 1. The molecule has 84 valence electrons. The third-order valence-corrected chi connectivity index (χ3v) is 2.33. The highest BCUT2D eigenvalue weighted by molar-refractivity contribution is 5.29. The molecule has 1 heterocycles. The van der Waals surface area contributed by atoms with E-state index in [2.05, 4.69) is 15.2 Å². The molecule has 0 aromatic carbocycles. The van der Waals surface area contributed by atoms with Gasteiger partial charge < -0.3 is 10.0 Å². The molecule has 1 aromatic rings. The van der Waals surface area contributed by atoms with Gasteiger partial charge in [-0.1, -0.05) is 0 Å². The zero-order chi connectivity index (χ0) is 11.3. The Bertz CT molecular complexity index is 316. The Morgan fingerprint density at radius 2 is 1.93 bits per heavy atom. The molecule has 5 nitrogen and oxygen atoms in total. The van der Waals surface area contributed by atoms with Crippen LogP contribution in [0.5, 0.6) is 0 Å². The first-order valence-corrected chi connectivity index (χ1v) is 5.22. The molecule has 0 fully saturated rings. The van der Waals surface area contributed by atoms with Gasteiger partial charge in [0.1, 0.15) is 0 Å². The minimum Gasteiger partial charge on any atom is -0.396 e. The van der Waals surface area contributed by atoms with Crippen molar-refractivity contribution in [2.75, 3.05) is 24.6 Å². The summed E-state index contributed by atoms with van der Waals surface area (Å²) >= 11 is 0. The normalized spacial score (nSPS) is 10.4. The topological polar surface area (TPSA) is 62.1 Å². The molecule has 5 heteroatoms. The predicted octanol–water partition coefficient (Wildman–Crippen LogP) is 0.697. The molecule has 1 aromatic heterocycles. The molecule has 0 radical (unpaired) electrons. The lowest BCUT2D eigenvalue weighted by molar-refractivity contribution is 0.289. The summed E-state index contributed by atoms with van der Waals surface area (Å²) in [5.41, 5.74) is 1.76. The number of aryl methyl sites for hydroxylation is 2. The first-order valence-electron chi connectivity index (χ1n) is 5.22. The van der Waals surface area contributed by atoms with Gasteiger partial charge >= 0.3 is 0 Å². The van der Waals surface area contributed by atoms with Crippen LogP contribution in [0.4, 0.5) is 5.95 Å². The first-order chi connectivity index (χ1) is 7.19. The maximum Gasteiger partial charge on any atom is 0.245 e. The first kappa shape index (κ1) is 11.8. The zero-order valence-electron chi connectivity index (χ0n) is 9.56. The van der Waals surface area contributed by atoms with Gasteiger partial charge in [-0.3, -0.25) is 0 Å². The summed E-state index contributed by atoms with van der Waals surface area (Å²) in [5.74, 6) is 0.647. The fourth-order valence-corrected chi connectivity index (χ4v) is 1.24. The minimum absolute atomic E-state index is 0.189. The van der Waals surface area contributed by atoms with Crippen molar-refractivity contribution in [1.29, 1.82) is 0 Å². The van der Waals surface area contributed by atoms with Crippen LogP contribution in [0.3, 0.4) is 0 Å². The number of aromatic nitrogens is 3. The fourth-order valence-electron chi connectivity index (χ4n) is 1.24. The van der Waals surface area contributed by atoms with Gasteiger partial charge in [0, 0.05) is 19.7 Å². The van der Waals surface area contributed by atoms with Gasteiger partial charge in [0.15, 0.2) is 0 Å². The molecule has 0 aliphatic carbocycles. The summed E-state index contributed by atoms with van der Waals surface area (Å²) in [6.07, 6.45) is 0.726. The number of hydrogen-bond acceptors (Lipinski definition) is 5. The Labute approximate surface area is 90.2 Å². The fraction of sp³-hybridized carbons (Fsp3) is 0.700. The van der Waals surface area contributed by atoms with Gasteiger partial charge in [-0.2, -0.15) is 5.10 Å². The highest BCUT2D eigenvalue weighted by Gasteiger charge is 2.08. The van der Waals surface area contributed by atoms with Crippen molar-refractivity contribution in [3.63, 3.8) is 0 Å². The van der Waals surface area contributed by atoms with Gasteiger partial charge in [0.2, 0.25) is 5.95 Å². The Kier molecular flexibility index (Phi) is 4.42. The van der Waals surface area contributed by atoms with E-state index in [1.54, 1.807) is 0 Å². The minimum atomic E-state index is 0.189. The van der Waals surface area contributed by atoms with Crippen molar-refractivity contribution in [2.45, 2.75) is 27.2 Å². The second-order valence-corrected chi connectivity index (χ2v) is 3.44. The molecule has 0 atom stereocenters. The summed E-state index contributed by atoms with van der Waals surface area (Å²) in [5, 5.41) is 16.9. The highest BCUT2D eigenvalue weighted by Crippen LogP contribution is 2.08. The maximum atomic E-state index is 8.77. The van der Waals surface area contributed by atoms with Crippen LogP contribution in [0.1, 0.15) is 24.7 Å². The summed E-state index contributed by atoms with van der Waals surface area (Å²) in [7, 11) is 0. The Hall–Kier alpha value is -1.23. The second-order valence-electron chi connectivity index (χ2n) is 3.44. The van der Waals surface area contributed by atoms with Crippen LogP contribution in [-0.4, -0.2) is 40.0 Å². The van der Waals surface area contributed by atoms with Crippen molar-refractivity contribution in [3.05, 3.63) is 11.4 Å². The summed E-state index contributed by atoms with van der Waals surface area (Å²) < 4.78 is 0. The summed E-state index contributed by atoms with van der Waals surface area (Å²) in [4.78, 5) is 6.38. The SMILES string of the molecule is CCN(CCCO)c1nnc(C)c(C)n1. The average Bonchev–Trinajstić information content (AvgIpc) is 2.24. The van der Waals surface area contributed by atoms with E-state index in [9.17, 15) is 0 Å². The third-order valence-electron chi connectivity index (χ3n) is 2.33. The van der Waals surface area contributed by atoms with E-state index >= 15 is 0 Å². The van der Waals surface area contributed by atoms with Gasteiger partial charge in [-0.25, -0.2) is 4.98 Å². The maximum absolute atomic E-state index is 8.77. The standard InChI is InChI=1S/C10H18N4O/c1-4-14(6-5-7-15)10-11-8(2)9(3)12-13-10/h15H,4-7H2,1-3H3. The van der Waals surface area contributed by atoms with Crippen molar-refractivity contribution in [2.24, 2.45) is 0 Å². The van der Waals surface area contributed by atoms with E-state index in [0.717, 1.165) is 30.9 Å². The van der Waals surface area contributed by atoms with Crippen LogP contribution in [0, 0.1) is 13.8 Å². The lowest BCUT2D eigenvalue weighted by Crippen LogP contribution is -2.27. The molecule has 0 spiro atoms. The van der Waals surface area contributed by atoms with Crippen LogP contribution in [-0.2, 0) is 0 Å². The quantitative estimate of drug-likeness (QED) is 0.775. The van der Waals surface area contributed by atoms with Crippen molar-refractivity contribution in [3.8, 4) is 0 Å². The molecule has 0 amide bonds. The van der Waals surface area contributed by atoms with E-state index in [1.807, 2.05) is 25.7 Å². The molecule has 15 heavy (non-hydrogen) atoms. The van der Waals surface area contributed by atoms with Gasteiger partial charge in [0.25, 0.3) is 0 Å². The Balaban J connectivity index is 2.78. The zero-order valence-corrected chi connectivity index (χ0v) is 9.56. The van der Waals surface area contributed by atoms with Crippen LogP contribution in [0.15, 0.2) is 0 Å². The third kappa shape index (κ3) is 3.13. The molecule has 0 unspecified atom stereocenters. The smallest absolute Gasteiger partial charge is 0.245 e. The number of nitrogens with zero attached hydrogens (tertiary/aromatic N) is 4. The molecule has 0 aliphatic heterocycles. The van der Waals surface area contributed by atoms with Crippen LogP contribution < -0.4 is 4.90 Å². The Morgan fingerprint density at radius 1 is 1.20 bits per heavy atom. The van der Waals surface area contributed by atoms with E-state index < -0.39 is 0 Å². The molecule has 0 saturated carbocycles. The second kappa shape index (κ2) is 5.60. The number of aliphatic hydroxyl groups is 1. The molecule has 0 aliphatic rings. The van der Waals surface area contributed by atoms with E-state index in [-0.39, 0.29) is 6.61 Å².